The van der Waals surface area contributed by atoms with Crippen LogP contribution in [-0.2, 0) is 0 Å². The minimum Gasteiger partial charge on any atom is -0.496 e. The van der Waals surface area contributed by atoms with Crippen LogP contribution in [0.3, 0.4) is 0 Å². The number of rotatable bonds is 3. The second-order valence-electron chi connectivity index (χ2n) is 5.88. The Morgan fingerprint density at radius 2 is 2.25 bits per heavy atom. The lowest BCUT2D eigenvalue weighted by Crippen LogP contribution is -2.20. The van der Waals surface area contributed by atoms with Gasteiger partial charge in [0.2, 0.25) is 0 Å². The van der Waals surface area contributed by atoms with Crippen LogP contribution in [0.25, 0.3) is 10.9 Å². The molecule has 0 saturated carbocycles. The van der Waals surface area contributed by atoms with Crippen molar-refractivity contribution in [2.45, 2.75) is 19.4 Å². The molecule has 2 unspecified atom stereocenters. The van der Waals surface area contributed by atoms with E-state index in [1.807, 2.05) is 6.20 Å². The maximum atomic E-state index is 5.84. The summed E-state index contributed by atoms with van der Waals surface area (Å²) >= 11 is 0. The van der Waals surface area contributed by atoms with Gasteiger partial charge in [-0.3, -0.25) is 4.90 Å². The quantitative estimate of drug-likeness (QED) is 0.903. The summed E-state index contributed by atoms with van der Waals surface area (Å²) in [6.07, 6.45) is 3.15. The van der Waals surface area contributed by atoms with Crippen molar-refractivity contribution in [2.24, 2.45) is 11.7 Å². The predicted molar refractivity (Wildman–Crippen MR) is 82.1 cm³/mol. The highest BCUT2D eigenvalue weighted by Gasteiger charge is 2.32. The molecule has 108 valence electrons. The van der Waals surface area contributed by atoms with Crippen LogP contribution in [-0.4, -0.2) is 37.1 Å². The summed E-state index contributed by atoms with van der Waals surface area (Å²) in [7, 11) is 3.94. The van der Waals surface area contributed by atoms with E-state index in [0.29, 0.717) is 12.0 Å². The summed E-state index contributed by atoms with van der Waals surface area (Å²) in [5.74, 6) is 1.59. The molecule has 0 spiro atoms. The fourth-order valence-corrected chi connectivity index (χ4v) is 3.49. The first kappa shape index (κ1) is 13.5. The van der Waals surface area contributed by atoms with Crippen molar-refractivity contribution in [3.63, 3.8) is 0 Å². The third-order valence-electron chi connectivity index (χ3n) is 4.56. The molecule has 0 radical (unpaired) electrons. The zero-order valence-electron chi connectivity index (χ0n) is 12.4. The van der Waals surface area contributed by atoms with Gasteiger partial charge in [-0.2, -0.15) is 0 Å². The number of nitrogens with two attached hydrogens (primary N) is 1. The van der Waals surface area contributed by atoms with Crippen LogP contribution in [0.4, 0.5) is 0 Å². The second-order valence-corrected chi connectivity index (χ2v) is 5.88. The van der Waals surface area contributed by atoms with Gasteiger partial charge in [-0.25, -0.2) is 0 Å². The molecule has 0 aliphatic carbocycles. The summed E-state index contributed by atoms with van der Waals surface area (Å²) in [6, 6.07) is 4.75. The summed E-state index contributed by atoms with van der Waals surface area (Å²) in [5.41, 5.74) is 9.49. The minimum absolute atomic E-state index is 0.400. The molecule has 20 heavy (non-hydrogen) atoms. The fraction of sp³-hybridized carbons (Fsp3) is 0.500. The van der Waals surface area contributed by atoms with E-state index in [1.165, 1.54) is 16.5 Å². The van der Waals surface area contributed by atoms with Crippen molar-refractivity contribution < 1.29 is 4.74 Å². The summed E-state index contributed by atoms with van der Waals surface area (Å²) < 4.78 is 5.75. The van der Waals surface area contributed by atoms with Gasteiger partial charge in [0.25, 0.3) is 0 Å². The molecule has 3 N–H and O–H groups in total. The number of aromatic amines is 1. The molecule has 1 aromatic carbocycles. The second kappa shape index (κ2) is 5.11. The number of hydrogen-bond acceptors (Lipinski definition) is 3. The van der Waals surface area contributed by atoms with Crippen molar-refractivity contribution in [3.8, 4) is 5.75 Å². The Kier molecular flexibility index (Phi) is 3.44. The van der Waals surface area contributed by atoms with Crippen molar-refractivity contribution in [2.75, 3.05) is 27.2 Å². The largest absolute Gasteiger partial charge is 0.496 e. The van der Waals surface area contributed by atoms with Gasteiger partial charge in [-0.15, -0.1) is 0 Å². The first-order valence-electron chi connectivity index (χ1n) is 7.20. The fourth-order valence-electron chi connectivity index (χ4n) is 3.49. The third-order valence-corrected chi connectivity index (χ3v) is 4.56. The number of H-pyrrole nitrogens is 1. The number of nitrogens with zero attached hydrogens (tertiary/aromatic N) is 1. The molecule has 2 aromatic rings. The van der Waals surface area contributed by atoms with Gasteiger partial charge < -0.3 is 15.5 Å². The highest BCUT2D eigenvalue weighted by molar-refractivity contribution is 5.90. The lowest BCUT2D eigenvalue weighted by Gasteiger charge is -2.22. The molecule has 1 aliphatic heterocycles. The zero-order valence-corrected chi connectivity index (χ0v) is 12.4. The third kappa shape index (κ3) is 2.00. The molecule has 0 amide bonds. The number of fused-ring (bicyclic) bond motifs is 1. The van der Waals surface area contributed by atoms with E-state index in [9.17, 15) is 0 Å². The number of likely N-dealkylation sites (tertiary alicyclic amines) is 1. The Morgan fingerprint density at radius 3 is 2.90 bits per heavy atom. The molecule has 4 nitrogen and oxygen atoms in total. The molecular weight excluding hydrogens is 250 g/mol. The topological polar surface area (TPSA) is 54.3 Å². The molecule has 3 rings (SSSR count). The molecule has 1 saturated heterocycles. The normalized spacial score (nSPS) is 23.6. The zero-order chi connectivity index (χ0) is 14.3. The van der Waals surface area contributed by atoms with Crippen LogP contribution in [0.15, 0.2) is 18.3 Å². The maximum absolute atomic E-state index is 5.84. The number of aryl methyl sites for hydroxylation is 1. The Bertz CT molecular complexity index is 619. The van der Waals surface area contributed by atoms with Crippen LogP contribution in [0.5, 0.6) is 5.75 Å². The van der Waals surface area contributed by atoms with Crippen LogP contribution < -0.4 is 10.5 Å². The van der Waals surface area contributed by atoms with Crippen LogP contribution in [0.1, 0.15) is 23.6 Å². The van der Waals surface area contributed by atoms with Crippen molar-refractivity contribution in [1.82, 2.24) is 9.88 Å². The summed E-state index contributed by atoms with van der Waals surface area (Å²) in [5, 5.41) is 1.20. The number of methoxy groups -OCH3 is 1. The Balaban J connectivity index is 2.09. The van der Waals surface area contributed by atoms with Gasteiger partial charge in [0.15, 0.2) is 0 Å². The van der Waals surface area contributed by atoms with Crippen LogP contribution in [0, 0.1) is 12.8 Å². The van der Waals surface area contributed by atoms with E-state index < -0.39 is 0 Å². The molecule has 0 bridgehead atoms. The Morgan fingerprint density at radius 1 is 1.45 bits per heavy atom. The van der Waals surface area contributed by atoms with E-state index in [2.05, 4.69) is 36.0 Å². The van der Waals surface area contributed by atoms with E-state index >= 15 is 0 Å². The average molecular weight is 273 g/mol. The molecular formula is C16H23N3O. The summed E-state index contributed by atoms with van der Waals surface area (Å²) in [4.78, 5) is 5.69. The number of hydrogen-bond donors (Lipinski definition) is 2. The Hall–Kier alpha value is -1.52. The van der Waals surface area contributed by atoms with Gasteiger partial charge >= 0.3 is 0 Å². The lowest BCUT2D eigenvalue weighted by molar-refractivity contribution is 0.304. The van der Waals surface area contributed by atoms with Crippen molar-refractivity contribution in [3.05, 3.63) is 29.5 Å². The van der Waals surface area contributed by atoms with Gasteiger partial charge in [0, 0.05) is 35.2 Å². The molecule has 1 fully saturated rings. The van der Waals surface area contributed by atoms with E-state index in [4.69, 9.17) is 10.5 Å². The standard InChI is InChI=1S/C16H23N3O/c1-10-8-18-13-5-4-12(16(20-3)15(10)13)14-6-11(7-17)9-19(14)2/h4-5,8,11,14,18H,6-7,9,17H2,1-3H3. The maximum Gasteiger partial charge on any atom is 0.133 e. The van der Waals surface area contributed by atoms with E-state index in [1.54, 1.807) is 7.11 Å². The van der Waals surface area contributed by atoms with Crippen molar-refractivity contribution in [1.29, 1.82) is 0 Å². The number of ether oxygens (including phenoxy) is 1. The lowest BCUT2D eigenvalue weighted by atomic mass is 9.97. The number of benzene rings is 1. The smallest absolute Gasteiger partial charge is 0.133 e. The van der Waals surface area contributed by atoms with Gasteiger partial charge in [-0.1, -0.05) is 6.07 Å². The van der Waals surface area contributed by atoms with E-state index in [-0.39, 0.29) is 0 Å². The number of aromatic nitrogens is 1. The van der Waals surface area contributed by atoms with Crippen molar-refractivity contribution >= 4 is 10.9 Å². The minimum atomic E-state index is 0.400. The number of nitrogens with one attached hydrogen (secondary N) is 1. The average Bonchev–Trinajstić information content (AvgIpc) is 3.01. The highest BCUT2D eigenvalue weighted by Crippen LogP contribution is 2.42. The van der Waals surface area contributed by atoms with E-state index in [0.717, 1.165) is 30.8 Å². The van der Waals surface area contributed by atoms with Crippen LogP contribution in [0.2, 0.25) is 0 Å². The first-order valence-corrected chi connectivity index (χ1v) is 7.20. The summed E-state index contributed by atoms with van der Waals surface area (Å²) in [6.45, 7) is 3.94. The molecule has 1 aromatic heterocycles. The van der Waals surface area contributed by atoms with Gasteiger partial charge in [0.05, 0.1) is 7.11 Å². The monoisotopic (exact) mass is 273 g/mol. The first-order chi connectivity index (χ1) is 9.65. The Labute approximate surface area is 119 Å². The predicted octanol–water partition coefficient (Wildman–Crippen LogP) is 2.44. The SMILES string of the molecule is COc1c(C2CC(CN)CN2C)ccc2[nH]cc(C)c12. The van der Waals surface area contributed by atoms with Gasteiger partial charge in [0.1, 0.15) is 5.75 Å². The molecule has 1 aliphatic rings. The highest BCUT2D eigenvalue weighted by atomic mass is 16.5. The molecule has 2 atom stereocenters. The van der Waals surface area contributed by atoms with Gasteiger partial charge in [-0.05, 0) is 44.5 Å². The van der Waals surface area contributed by atoms with Crippen LogP contribution >= 0.6 is 0 Å². The molecule has 2 heterocycles. The molecule has 4 heteroatoms.